The van der Waals surface area contributed by atoms with E-state index in [1.165, 1.54) is 6.33 Å². The van der Waals surface area contributed by atoms with Gasteiger partial charge < -0.3 is 0 Å². The van der Waals surface area contributed by atoms with Crippen LogP contribution in [-0.2, 0) is 6.42 Å². The first-order chi connectivity index (χ1) is 14.3. The van der Waals surface area contributed by atoms with Gasteiger partial charge in [0.25, 0.3) is 5.56 Å². The van der Waals surface area contributed by atoms with E-state index in [1.54, 1.807) is 10.8 Å². The van der Waals surface area contributed by atoms with Crippen molar-refractivity contribution in [3.63, 3.8) is 0 Å². The lowest BCUT2D eigenvalue weighted by molar-refractivity contribution is 0.927. The molecule has 3 heterocycles. The second kappa shape index (κ2) is 7.12. The quantitative estimate of drug-likeness (QED) is 0.517. The first kappa shape index (κ1) is 17.0. The molecule has 0 fully saturated rings. The second-order valence-corrected chi connectivity index (χ2v) is 6.59. The fourth-order valence-corrected chi connectivity index (χ4v) is 3.35. The number of fused-ring (bicyclic) bond motifs is 1. The number of hydrogen-bond donors (Lipinski definition) is 1. The fourth-order valence-electron chi connectivity index (χ4n) is 3.35. The Hall–Kier alpha value is -4.13. The van der Waals surface area contributed by atoms with E-state index in [1.807, 2.05) is 66.7 Å². The van der Waals surface area contributed by atoms with Crippen molar-refractivity contribution >= 4 is 11.2 Å². The third-order valence-corrected chi connectivity index (χ3v) is 4.69. The van der Waals surface area contributed by atoms with Gasteiger partial charge in [0.1, 0.15) is 17.5 Å². The van der Waals surface area contributed by atoms with E-state index in [2.05, 4.69) is 25.1 Å². The number of rotatable bonds is 4. The van der Waals surface area contributed by atoms with Crippen molar-refractivity contribution < 1.29 is 0 Å². The first-order valence-corrected chi connectivity index (χ1v) is 9.16. The lowest BCUT2D eigenvalue weighted by atomic mass is 10.1. The highest BCUT2D eigenvalue weighted by Gasteiger charge is 2.15. The molecule has 0 saturated heterocycles. The molecule has 7 heteroatoms. The van der Waals surface area contributed by atoms with Gasteiger partial charge in [0, 0.05) is 18.2 Å². The standard InChI is InChI=1S/C22H16N6O/c29-22-19(12-15-6-2-1-3-7-15)26-18-10-5-11-23-21(18)28(22)17-9-4-8-16(13-17)20-24-14-25-27-20/h1-11,13-14H,12H2,(H,24,25,27). The Morgan fingerprint density at radius 2 is 1.83 bits per heavy atom. The number of nitrogens with one attached hydrogen (secondary N) is 1. The van der Waals surface area contributed by atoms with Crippen molar-refractivity contribution in [2.24, 2.45) is 0 Å². The van der Waals surface area contributed by atoms with Crippen LogP contribution in [-0.4, -0.2) is 29.7 Å². The van der Waals surface area contributed by atoms with Gasteiger partial charge in [-0.1, -0.05) is 42.5 Å². The molecule has 0 amide bonds. The van der Waals surface area contributed by atoms with Crippen LogP contribution in [0.25, 0.3) is 28.2 Å². The average molecular weight is 380 g/mol. The van der Waals surface area contributed by atoms with Crippen LogP contribution in [0.4, 0.5) is 0 Å². The monoisotopic (exact) mass is 380 g/mol. The second-order valence-electron chi connectivity index (χ2n) is 6.59. The van der Waals surface area contributed by atoms with Crippen LogP contribution >= 0.6 is 0 Å². The van der Waals surface area contributed by atoms with Crippen LogP contribution in [0.15, 0.2) is 84.0 Å². The molecular weight excluding hydrogens is 364 g/mol. The third kappa shape index (κ3) is 3.19. The van der Waals surface area contributed by atoms with Crippen LogP contribution < -0.4 is 5.56 Å². The van der Waals surface area contributed by atoms with E-state index in [9.17, 15) is 4.79 Å². The number of H-pyrrole nitrogens is 1. The molecular formula is C22H16N6O. The summed E-state index contributed by atoms with van der Waals surface area (Å²) >= 11 is 0. The maximum Gasteiger partial charge on any atom is 0.278 e. The Morgan fingerprint density at radius 1 is 0.931 bits per heavy atom. The van der Waals surface area contributed by atoms with Crippen LogP contribution in [0.1, 0.15) is 11.3 Å². The molecule has 0 unspecified atom stereocenters. The molecule has 0 aliphatic heterocycles. The summed E-state index contributed by atoms with van der Waals surface area (Å²) < 4.78 is 1.61. The Morgan fingerprint density at radius 3 is 2.66 bits per heavy atom. The smallest absolute Gasteiger partial charge is 0.267 e. The summed E-state index contributed by atoms with van der Waals surface area (Å²) in [4.78, 5) is 26.6. The molecule has 5 aromatic rings. The zero-order valence-electron chi connectivity index (χ0n) is 15.4. The molecule has 0 aliphatic carbocycles. The van der Waals surface area contributed by atoms with Crippen LogP contribution in [0, 0.1) is 0 Å². The molecule has 3 aromatic heterocycles. The van der Waals surface area contributed by atoms with Crippen LogP contribution in [0.5, 0.6) is 0 Å². The van der Waals surface area contributed by atoms with Crippen molar-refractivity contribution in [2.45, 2.75) is 6.42 Å². The van der Waals surface area contributed by atoms with Gasteiger partial charge in [-0.2, -0.15) is 5.10 Å². The Balaban J connectivity index is 1.72. The molecule has 1 N–H and O–H groups in total. The summed E-state index contributed by atoms with van der Waals surface area (Å²) in [7, 11) is 0. The maximum absolute atomic E-state index is 13.4. The number of aromatic nitrogens is 6. The summed E-state index contributed by atoms with van der Waals surface area (Å²) in [5, 5.41) is 6.75. The summed E-state index contributed by atoms with van der Waals surface area (Å²) in [6, 6.07) is 21.1. The molecule has 7 nitrogen and oxygen atoms in total. The minimum Gasteiger partial charge on any atom is -0.267 e. The van der Waals surface area contributed by atoms with E-state index in [-0.39, 0.29) is 5.56 Å². The lowest BCUT2D eigenvalue weighted by Crippen LogP contribution is -2.25. The predicted molar refractivity (Wildman–Crippen MR) is 110 cm³/mol. The normalized spacial score (nSPS) is 11.0. The van der Waals surface area contributed by atoms with Gasteiger partial charge in [-0.05, 0) is 29.8 Å². The van der Waals surface area contributed by atoms with Gasteiger partial charge in [0.2, 0.25) is 0 Å². The SMILES string of the molecule is O=c1c(Cc2ccccc2)nc2cccnc2n1-c1cccc(-c2ncn[nH]2)c1. The molecule has 140 valence electrons. The maximum atomic E-state index is 13.4. The predicted octanol–water partition coefficient (Wildman–Crippen LogP) is 3.16. The van der Waals surface area contributed by atoms with Gasteiger partial charge in [-0.3, -0.25) is 14.5 Å². The van der Waals surface area contributed by atoms with Crippen molar-refractivity contribution in [1.29, 1.82) is 0 Å². The minimum atomic E-state index is -0.185. The van der Waals surface area contributed by atoms with E-state index in [0.29, 0.717) is 34.8 Å². The third-order valence-electron chi connectivity index (χ3n) is 4.69. The first-order valence-electron chi connectivity index (χ1n) is 9.16. The van der Waals surface area contributed by atoms with E-state index in [4.69, 9.17) is 0 Å². The van der Waals surface area contributed by atoms with E-state index in [0.717, 1.165) is 11.1 Å². The van der Waals surface area contributed by atoms with Crippen molar-refractivity contribution in [3.8, 4) is 17.1 Å². The van der Waals surface area contributed by atoms with Crippen molar-refractivity contribution in [1.82, 2.24) is 29.7 Å². The highest BCUT2D eigenvalue weighted by molar-refractivity contribution is 5.73. The van der Waals surface area contributed by atoms with Gasteiger partial charge in [-0.15, -0.1) is 0 Å². The summed E-state index contributed by atoms with van der Waals surface area (Å²) in [5.41, 5.74) is 4.03. The number of benzene rings is 2. The number of hydrogen-bond acceptors (Lipinski definition) is 5. The Bertz CT molecular complexity index is 1340. The molecule has 5 rings (SSSR count). The molecule has 0 bridgehead atoms. The lowest BCUT2D eigenvalue weighted by Gasteiger charge is -2.12. The molecule has 0 saturated carbocycles. The van der Waals surface area contributed by atoms with E-state index < -0.39 is 0 Å². The fraction of sp³-hybridized carbons (Fsp3) is 0.0455. The zero-order chi connectivity index (χ0) is 19.6. The molecule has 0 atom stereocenters. The van der Waals surface area contributed by atoms with Gasteiger partial charge >= 0.3 is 0 Å². The van der Waals surface area contributed by atoms with Gasteiger partial charge in [0.15, 0.2) is 11.5 Å². The van der Waals surface area contributed by atoms with Gasteiger partial charge in [-0.25, -0.2) is 15.0 Å². The number of nitrogens with zero attached hydrogens (tertiary/aromatic N) is 5. The molecule has 29 heavy (non-hydrogen) atoms. The zero-order valence-corrected chi connectivity index (χ0v) is 15.4. The van der Waals surface area contributed by atoms with Crippen LogP contribution in [0.2, 0.25) is 0 Å². The largest absolute Gasteiger partial charge is 0.278 e. The van der Waals surface area contributed by atoms with E-state index >= 15 is 0 Å². The highest BCUT2D eigenvalue weighted by Crippen LogP contribution is 2.20. The van der Waals surface area contributed by atoms with Crippen LogP contribution in [0.3, 0.4) is 0 Å². The molecule has 2 aromatic carbocycles. The average Bonchev–Trinajstić information content (AvgIpc) is 3.30. The van der Waals surface area contributed by atoms with Gasteiger partial charge in [0.05, 0.1) is 5.69 Å². The molecule has 0 spiro atoms. The van der Waals surface area contributed by atoms with Crippen molar-refractivity contribution in [2.75, 3.05) is 0 Å². The van der Waals surface area contributed by atoms with Crippen molar-refractivity contribution in [3.05, 3.63) is 101 Å². The summed E-state index contributed by atoms with van der Waals surface area (Å²) in [6.07, 6.45) is 3.57. The Labute approximate surface area is 165 Å². The minimum absolute atomic E-state index is 0.185. The molecule has 0 radical (unpaired) electrons. The topological polar surface area (TPSA) is 89.3 Å². The molecule has 0 aliphatic rings. The number of pyridine rings is 1. The Kier molecular flexibility index (Phi) is 4.18. The summed E-state index contributed by atoms with van der Waals surface area (Å²) in [6.45, 7) is 0. The highest BCUT2D eigenvalue weighted by atomic mass is 16.1. The number of aromatic amines is 1. The summed E-state index contributed by atoms with van der Waals surface area (Å²) in [5.74, 6) is 0.635.